The van der Waals surface area contributed by atoms with Crippen LogP contribution in [0.25, 0.3) is 0 Å². The highest BCUT2D eigenvalue weighted by Crippen LogP contribution is 2.26. The van der Waals surface area contributed by atoms with E-state index in [9.17, 15) is 35.1 Å². The molecule has 11 heteroatoms. The third kappa shape index (κ3) is 50.2. The van der Waals surface area contributed by atoms with Crippen molar-refractivity contribution in [1.82, 2.24) is 5.32 Å². The van der Waals surface area contributed by atoms with Gasteiger partial charge in [-0.2, -0.15) is 0 Å². The van der Waals surface area contributed by atoms with Crippen molar-refractivity contribution in [3.05, 3.63) is 85.1 Å². The van der Waals surface area contributed by atoms with Crippen molar-refractivity contribution in [3.63, 3.8) is 0 Å². The largest absolute Gasteiger partial charge is 0.454 e. The minimum Gasteiger partial charge on any atom is -0.454 e. The van der Waals surface area contributed by atoms with Crippen molar-refractivity contribution in [3.8, 4) is 0 Å². The third-order valence-electron chi connectivity index (χ3n) is 16.8. The summed E-state index contributed by atoms with van der Waals surface area (Å²) in [6.07, 6.45) is 73.3. The molecule has 0 spiro atoms. The number of carbonyl (C=O) groups is 2. The average Bonchev–Trinajstić information content (AvgIpc) is 3.12. The highest BCUT2D eigenvalue weighted by atomic mass is 16.7. The van der Waals surface area contributed by atoms with Gasteiger partial charge in [0, 0.05) is 6.42 Å². The SMILES string of the molecule is CCCCC/C=C\C/C=C\C/C=C\CCCCCCCCCCCCCCC(=O)OC1C(OCC(NC(=O)C(O)CCCCCCCCCCC/C=C\C/C=C\C/C=C\CCCCC)C(O)/C=C/CCCCCCCCCCC)OC(CO)C(O)C1O. The first-order valence-electron chi connectivity index (χ1n) is 36.4. The fourth-order valence-corrected chi connectivity index (χ4v) is 11.0. The van der Waals surface area contributed by atoms with Gasteiger partial charge in [-0.1, -0.05) is 298 Å². The van der Waals surface area contributed by atoms with Crippen molar-refractivity contribution in [2.45, 2.75) is 372 Å². The van der Waals surface area contributed by atoms with E-state index in [4.69, 9.17) is 14.2 Å². The van der Waals surface area contributed by atoms with Crippen LogP contribution in [0.1, 0.15) is 323 Å². The molecule has 87 heavy (non-hydrogen) atoms. The van der Waals surface area contributed by atoms with Crippen LogP contribution in [0, 0.1) is 0 Å². The number of nitrogens with one attached hydrogen (secondary N) is 1. The Morgan fingerprint density at radius 3 is 1.21 bits per heavy atom. The molecule has 0 saturated carbocycles. The van der Waals surface area contributed by atoms with Crippen LogP contribution >= 0.6 is 0 Å². The van der Waals surface area contributed by atoms with Gasteiger partial charge in [0.05, 0.1) is 25.4 Å². The molecule has 0 aromatic carbocycles. The Bertz CT molecular complexity index is 1740. The van der Waals surface area contributed by atoms with E-state index in [1.54, 1.807) is 6.08 Å². The number of hydrogen-bond acceptors (Lipinski definition) is 10. The minimum absolute atomic E-state index is 0.119. The molecule has 0 aromatic heterocycles. The number of aliphatic hydroxyl groups excluding tert-OH is 5. The van der Waals surface area contributed by atoms with Gasteiger partial charge >= 0.3 is 5.97 Å². The number of hydrogen-bond donors (Lipinski definition) is 6. The lowest BCUT2D eigenvalue weighted by Crippen LogP contribution is -2.61. The molecule has 11 nitrogen and oxygen atoms in total. The summed E-state index contributed by atoms with van der Waals surface area (Å²) in [5, 5.41) is 57.2. The molecule has 1 aliphatic heterocycles. The summed E-state index contributed by atoms with van der Waals surface area (Å²) in [6.45, 7) is 5.76. The van der Waals surface area contributed by atoms with Gasteiger partial charge in [0.2, 0.25) is 5.91 Å². The molecule has 1 heterocycles. The first kappa shape index (κ1) is 81.9. The van der Waals surface area contributed by atoms with E-state index in [2.05, 4.69) is 99.0 Å². The molecular weight excluding hydrogens is 1090 g/mol. The lowest BCUT2D eigenvalue weighted by molar-refractivity contribution is -0.305. The van der Waals surface area contributed by atoms with Crippen molar-refractivity contribution >= 4 is 11.9 Å². The van der Waals surface area contributed by atoms with Gasteiger partial charge in [0.15, 0.2) is 12.4 Å². The second-order valence-corrected chi connectivity index (χ2v) is 25.0. The number of carbonyl (C=O) groups excluding carboxylic acids is 2. The van der Waals surface area contributed by atoms with Crippen molar-refractivity contribution in [1.29, 1.82) is 0 Å². The van der Waals surface area contributed by atoms with Gasteiger partial charge < -0.3 is 45.1 Å². The molecule has 8 unspecified atom stereocenters. The van der Waals surface area contributed by atoms with Crippen LogP contribution in [-0.4, -0.2) is 99.6 Å². The zero-order valence-corrected chi connectivity index (χ0v) is 56.1. The fourth-order valence-electron chi connectivity index (χ4n) is 11.0. The molecule has 1 fully saturated rings. The summed E-state index contributed by atoms with van der Waals surface area (Å²) in [5.74, 6) is -1.20. The van der Waals surface area contributed by atoms with Crippen LogP contribution in [0.15, 0.2) is 85.1 Å². The molecule has 0 aliphatic carbocycles. The second kappa shape index (κ2) is 63.0. The van der Waals surface area contributed by atoms with E-state index in [-0.39, 0.29) is 19.4 Å². The van der Waals surface area contributed by atoms with E-state index >= 15 is 0 Å². The van der Waals surface area contributed by atoms with Gasteiger partial charge in [-0.25, -0.2) is 0 Å². The smallest absolute Gasteiger partial charge is 0.306 e. The van der Waals surface area contributed by atoms with Crippen LogP contribution in [0.4, 0.5) is 0 Å². The van der Waals surface area contributed by atoms with E-state index < -0.39 is 67.4 Å². The highest BCUT2D eigenvalue weighted by Gasteiger charge is 2.47. The van der Waals surface area contributed by atoms with Crippen LogP contribution in [0.3, 0.4) is 0 Å². The second-order valence-electron chi connectivity index (χ2n) is 25.0. The summed E-state index contributed by atoms with van der Waals surface area (Å²) in [7, 11) is 0. The van der Waals surface area contributed by atoms with Gasteiger partial charge in [0.25, 0.3) is 0 Å². The molecular formula is C76H135NO10. The monoisotopic (exact) mass is 1220 g/mol. The van der Waals surface area contributed by atoms with E-state index in [1.165, 1.54) is 186 Å². The van der Waals surface area contributed by atoms with Crippen LogP contribution in [0.5, 0.6) is 0 Å². The number of rotatable bonds is 62. The zero-order chi connectivity index (χ0) is 63.1. The maximum absolute atomic E-state index is 13.5. The first-order chi connectivity index (χ1) is 42.7. The Balaban J connectivity index is 2.54. The Morgan fingerprint density at radius 1 is 0.448 bits per heavy atom. The van der Waals surface area contributed by atoms with Crippen LogP contribution < -0.4 is 5.32 Å². The quantitative estimate of drug-likeness (QED) is 0.0195. The number of unbranched alkanes of at least 4 members (excludes halogenated alkanes) is 36. The topological polar surface area (TPSA) is 175 Å². The van der Waals surface area contributed by atoms with E-state index in [0.29, 0.717) is 12.8 Å². The number of aliphatic hydroxyl groups is 5. The predicted molar refractivity (Wildman–Crippen MR) is 366 cm³/mol. The van der Waals surface area contributed by atoms with Crippen LogP contribution in [-0.2, 0) is 23.8 Å². The predicted octanol–water partition coefficient (Wildman–Crippen LogP) is 18.8. The van der Waals surface area contributed by atoms with Crippen LogP contribution in [0.2, 0.25) is 0 Å². The standard InChI is InChI=1S/C76H135NO10/c1-4-7-10-13-16-19-22-24-26-28-30-32-34-35-36-38-40-42-44-46-49-52-55-58-61-64-71(81)87-74-73(83)72(82)70(65-78)86-76(74)85-66-67(68(79)62-59-56-53-50-47-21-18-15-12-9-6-3)77-75(84)69(80)63-60-57-54-51-48-45-43-41-39-37-33-31-29-27-25-23-20-17-14-11-8-5-2/h16-17,19-20,24-27,30-33,59,62,67-70,72-74,76,78-80,82-83H,4-15,18,21-23,28-29,34-58,60-61,63-66H2,1-3H3,(H,77,84)/b19-16-,20-17-,26-24-,27-25-,32-30-,33-31-,62-59+. The number of allylic oxidation sites excluding steroid dienone is 13. The lowest BCUT2D eigenvalue weighted by atomic mass is 9.99. The Hall–Kier alpha value is -3.16. The zero-order valence-electron chi connectivity index (χ0n) is 56.1. The molecule has 504 valence electrons. The van der Waals surface area contributed by atoms with Gasteiger partial charge in [-0.15, -0.1) is 0 Å². The highest BCUT2D eigenvalue weighted by molar-refractivity contribution is 5.80. The summed E-state index contributed by atoms with van der Waals surface area (Å²) in [5.41, 5.74) is 0. The molecule has 8 atom stereocenters. The van der Waals surface area contributed by atoms with Gasteiger partial charge in [-0.3, -0.25) is 9.59 Å². The first-order valence-corrected chi connectivity index (χ1v) is 36.4. The summed E-state index contributed by atoms with van der Waals surface area (Å²) in [4.78, 5) is 26.7. The molecule has 1 aliphatic rings. The summed E-state index contributed by atoms with van der Waals surface area (Å²) >= 11 is 0. The summed E-state index contributed by atoms with van der Waals surface area (Å²) < 4.78 is 17.7. The molecule has 0 radical (unpaired) electrons. The minimum atomic E-state index is -1.62. The normalized spacial score (nSPS) is 18.7. The number of esters is 1. The molecule has 0 aromatic rings. The molecule has 0 bridgehead atoms. The Kier molecular flexibility index (Phi) is 59.3. The summed E-state index contributed by atoms with van der Waals surface area (Å²) in [6, 6.07) is -1.03. The lowest BCUT2D eigenvalue weighted by Gasteiger charge is -2.41. The molecule has 6 N–H and O–H groups in total. The third-order valence-corrected chi connectivity index (χ3v) is 16.8. The number of ether oxygens (including phenoxy) is 3. The van der Waals surface area contributed by atoms with Gasteiger partial charge in [-0.05, 0) is 103 Å². The maximum Gasteiger partial charge on any atom is 0.306 e. The number of amides is 1. The fraction of sp³-hybridized carbons (Fsp3) is 0.789. The Morgan fingerprint density at radius 2 is 0.793 bits per heavy atom. The van der Waals surface area contributed by atoms with Gasteiger partial charge in [0.1, 0.15) is 24.4 Å². The average molecular weight is 1220 g/mol. The van der Waals surface area contributed by atoms with E-state index in [1.807, 2.05) is 6.08 Å². The Labute approximate surface area is 533 Å². The van der Waals surface area contributed by atoms with Crippen molar-refractivity contribution < 1.29 is 49.3 Å². The van der Waals surface area contributed by atoms with Crippen molar-refractivity contribution in [2.75, 3.05) is 13.2 Å². The van der Waals surface area contributed by atoms with E-state index in [0.717, 1.165) is 89.9 Å². The molecule has 1 saturated heterocycles. The molecule has 1 amide bonds. The van der Waals surface area contributed by atoms with Crippen molar-refractivity contribution in [2.24, 2.45) is 0 Å². The molecule has 1 rings (SSSR count). The maximum atomic E-state index is 13.5.